The summed E-state index contributed by atoms with van der Waals surface area (Å²) >= 11 is 2.03. The number of carbonyl (C=O) groups is 1. The van der Waals surface area contributed by atoms with Gasteiger partial charge in [0.25, 0.3) is 0 Å². The van der Waals surface area contributed by atoms with Crippen LogP contribution in [0.1, 0.15) is 6.92 Å². The van der Waals surface area contributed by atoms with E-state index in [2.05, 4.69) is 9.46 Å². The van der Waals surface area contributed by atoms with E-state index in [-0.39, 0.29) is 6.61 Å². The molecule has 0 fully saturated rings. The molecule has 7 heteroatoms. The molecule has 0 aromatic rings. The zero-order valence-electron chi connectivity index (χ0n) is 7.25. The zero-order valence-corrected chi connectivity index (χ0v) is 10.2. The van der Waals surface area contributed by atoms with E-state index in [1.54, 1.807) is 6.92 Å². The van der Waals surface area contributed by atoms with Gasteiger partial charge in [-0.2, -0.15) is 0 Å². The molecule has 0 aliphatic rings. The Kier molecular flexibility index (Phi) is 6.60. The van der Waals surface area contributed by atoms with Crippen molar-refractivity contribution >= 4 is 38.6 Å². The molecule has 0 spiro atoms. The van der Waals surface area contributed by atoms with Gasteiger partial charge in [0.15, 0.2) is 5.75 Å². The summed E-state index contributed by atoms with van der Waals surface area (Å²) < 4.78 is 29.5. The van der Waals surface area contributed by atoms with Gasteiger partial charge in [0.05, 0.1) is 6.61 Å². The van der Waals surface area contributed by atoms with Crippen LogP contribution in [0.3, 0.4) is 0 Å². The highest BCUT2D eigenvalue weighted by atomic mass is 127. The number of nitrogens with one attached hydrogen (secondary N) is 1. The van der Waals surface area contributed by atoms with Gasteiger partial charge in [0, 0.05) is 11.0 Å². The molecule has 0 aromatic heterocycles. The first-order valence-corrected chi connectivity index (χ1v) is 6.88. The van der Waals surface area contributed by atoms with E-state index in [9.17, 15) is 13.2 Å². The Bertz CT molecular complexity index is 251. The van der Waals surface area contributed by atoms with E-state index in [0.29, 0.717) is 11.0 Å². The molecule has 0 atom stereocenters. The lowest BCUT2D eigenvalue weighted by Crippen LogP contribution is -2.32. The number of carbonyl (C=O) groups excluding carboxylic acids is 1. The van der Waals surface area contributed by atoms with Gasteiger partial charge >= 0.3 is 5.97 Å². The third-order valence-electron chi connectivity index (χ3n) is 1.03. The van der Waals surface area contributed by atoms with Crippen LogP contribution in [0.2, 0.25) is 0 Å². The minimum atomic E-state index is -3.49. The maximum Gasteiger partial charge on any atom is 0.322 e. The summed E-state index contributed by atoms with van der Waals surface area (Å²) in [5.74, 6) is -1.32. The molecule has 0 amide bonds. The Morgan fingerprint density at radius 1 is 1.54 bits per heavy atom. The monoisotopic (exact) mass is 321 g/mol. The van der Waals surface area contributed by atoms with Crippen molar-refractivity contribution in [1.29, 1.82) is 0 Å². The van der Waals surface area contributed by atoms with E-state index in [1.165, 1.54) is 0 Å². The molecule has 0 unspecified atom stereocenters. The largest absolute Gasteiger partial charge is 0.465 e. The van der Waals surface area contributed by atoms with Crippen LogP contribution in [0.4, 0.5) is 0 Å². The third-order valence-corrected chi connectivity index (χ3v) is 2.83. The molecule has 0 bridgehead atoms. The Labute approximate surface area is 91.4 Å². The molecular weight excluding hydrogens is 309 g/mol. The molecule has 0 heterocycles. The summed E-state index contributed by atoms with van der Waals surface area (Å²) in [6, 6.07) is 0. The van der Waals surface area contributed by atoms with Crippen LogP contribution in [-0.4, -0.2) is 37.7 Å². The summed E-state index contributed by atoms with van der Waals surface area (Å²) in [6.45, 7) is 2.16. The van der Waals surface area contributed by atoms with Crippen molar-refractivity contribution in [3.8, 4) is 0 Å². The quantitative estimate of drug-likeness (QED) is 0.421. The second kappa shape index (κ2) is 6.55. The number of ether oxygens (including phenoxy) is 1. The van der Waals surface area contributed by atoms with Crippen molar-refractivity contribution in [1.82, 2.24) is 4.72 Å². The topological polar surface area (TPSA) is 72.5 Å². The van der Waals surface area contributed by atoms with E-state index < -0.39 is 21.7 Å². The summed E-state index contributed by atoms with van der Waals surface area (Å²) in [4.78, 5) is 10.8. The average molecular weight is 321 g/mol. The Hall–Kier alpha value is 0.110. The summed E-state index contributed by atoms with van der Waals surface area (Å²) in [7, 11) is -3.49. The Morgan fingerprint density at radius 3 is 2.62 bits per heavy atom. The number of halogens is 1. The number of esters is 1. The Morgan fingerprint density at radius 2 is 2.15 bits per heavy atom. The lowest BCUT2D eigenvalue weighted by atomic mass is 10.8. The van der Waals surface area contributed by atoms with Crippen molar-refractivity contribution < 1.29 is 17.9 Å². The third kappa shape index (κ3) is 7.20. The molecule has 5 nitrogen and oxygen atoms in total. The number of sulfonamides is 1. The van der Waals surface area contributed by atoms with Crippen LogP contribution in [0.5, 0.6) is 0 Å². The minimum absolute atomic E-state index is 0.195. The minimum Gasteiger partial charge on any atom is -0.465 e. The molecule has 78 valence electrons. The molecule has 0 aliphatic heterocycles. The van der Waals surface area contributed by atoms with Gasteiger partial charge in [-0.1, -0.05) is 22.6 Å². The van der Waals surface area contributed by atoms with Crippen LogP contribution < -0.4 is 4.72 Å². The van der Waals surface area contributed by atoms with Gasteiger partial charge in [-0.05, 0) is 6.92 Å². The molecule has 0 saturated carbocycles. The SMILES string of the molecule is CCOC(=O)CS(=O)(=O)NCCI. The van der Waals surface area contributed by atoms with Crippen LogP contribution in [-0.2, 0) is 19.6 Å². The molecule has 13 heavy (non-hydrogen) atoms. The van der Waals surface area contributed by atoms with E-state index >= 15 is 0 Å². The van der Waals surface area contributed by atoms with Crippen LogP contribution in [0.15, 0.2) is 0 Å². The highest BCUT2D eigenvalue weighted by Gasteiger charge is 2.15. The average Bonchev–Trinajstić information content (AvgIpc) is 2.00. The normalized spacial score (nSPS) is 11.2. The first kappa shape index (κ1) is 13.1. The fourth-order valence-electron chi connectivity index (χ4n) is 0.603. The van der Waals surface area contributed by atoms with Gasteiger partial charge in [-0.3, -0.25) is 4.79 Å². The first-order chi connectivity index (χ1) is 6.02. The highest BCUT2D eigenvalue weighted by Crippen LogP contribution is 1.88. The van der Waals surface area contributed by atoms with Gasteiger partial charge in [-0.25, -0.2) is 13.1 Å². The predicted molar refractivity (Wildman–Crippen MR) is 57.3 cm³/mol. The first-order valence-electron chi connectivity index (χ1n) is 3.70. The van der Waals surface area contributed by atoms with Crippen molar-refractivity contribution in [2.45, 2.75) is 6.92 Å². The van der Waals surface area contributed by atoms with Crippen molar-refractivity contribution in [2.24, 2.45) is 0 Å². The number of hydrogen-bond acceptors (Lipinski definition) is 4. The van der Waals surface area contributed by atoms with E-state index in [4.69, 9.17) is 0 Å². The van der Waals surface area contributed by atoms with Crippen molar-refractivity contribution in [3.63, 3.8) is 0 Å². The number of rotatable bonds is 6. The van der Waals surface area contributed by atoms with E-state index in [1.807, 2.05) is 22.6 Å². The standard InChI is InChI=1S/C6H12INO4S/c1-2-12-6(9)5-13(10,11)8-4-3-7/h8H,2-5H2,1H3. The van der Waals surface area contributed by atoms with Gasteiger partial charge in [0.2, 0.25) is 10.0 Å². The zero-order chi connectivity index (χ0) is 10.3. The smallest absolute Gasteiger partial charge is 0.322 e. The van der Waals surface area contributed by atoms with Crippen LogP contribution >= 0.6 is 22.6 Å². The van der Waals surface area contributed by atoms with Crippen LogP contribution in [0, 0.1) is 0 Å². The molecular formula is C6H12INO4S. The second-order valence-corrected chi connectivity index (χ2v) is 5.03. The predicted octanol–water partition coefficient (Wildman–Crippen LogP) is -0.0961. The fourth-order valence-corrected chi connectivity index (χ4v) is 2.15. The van der Waals surface area contributed by atoms with Gasteiger partial charge < -0.3 is 4.74 Å². The number of alkyl halides is 1. The summed E-state index contributed by atoms with van der Waals surface area (Å²) in [5, 5.41) is 0. The van der Waals surface area contributed by atoms with Crippen molar-refractivity contribution in [3.05, 3.63) is 0 Å². The highest BCUT2D eigenvalue weighted by molar-refractivity contribution is 14.1. The summed E-state index contributed by atoms with van der Waals surface area (Å²) in [5.41, 5.74) is 0. The second-order valence-electron chi connectivity index (χ2n) is 2.15. The molecule has 1 N–H and O–H groups in total. The molecule has 0 rings (SSSR count). The molecule has 0 aromatic carbocycles. The van der Waals surface area contributed by atoms with Crippen molar-refractivity contribution in [2.75, 3.05) is 23.3 Å². The molecule has 0 saturated heterocycles. The molecule has 0 radical (unpaired) electrons. The maximum absolute atomic E-state index is 11.1. The lowest BCUT2D eigenvalue weighted by molar-refractivity contribution is -0.139. The lowest BCUT2D eigenvalue weighted by Gasteiger charge is -2.04. The van der Waals surface area contributed by atoms with Gasteiger partial charge in [-0.15, -0.1) is 0 Å². The fraction of sp³-hybridized carbons (Fsp3) is 0.833. The van der Waals surface area contributed by atoms with E-state index in [0.717, 1.165) is 0 Å². The Balaban J connectivity index is 3.95. The summed E-state index contributed by atoms with van der Waals surface area (Å²) in [6.07, 6.45) is 0. The maximum atomic E-state index is 11.1. The van der Waals surface area contributed by atoms with Gasteiger partial charge in [0.1, 0.15) is 0 Å². The number of hydrogen-bond donors (Lipinski definition) is 1. The molecule has 0 aliphatic carbocycles. The van der Waals surface area contributed by atoms with Crippen LogP contribution in [0.25, 0.3) is 0 Å².